The fourth-order valence-corrected chi connectivity index (χ4v) is 1.59. The molecular formula is C13H11ClN4O2. The standard InChI is InChI=1S/C13H11ClN4O2/c14-11-7-16-10(5-17-11)6-18-13(20)9-3-1-8(2-4-9)12(15)19/h1-5,7H,6H2,(H2,15,19)(H,18,20). The molecule has 0 saturated carbocycles. The maximum atomic E-state index is 11.9. The van der Waals surface area contributed by atoms with Gasteiger partial charge in [-0.2, -0.15) is 0 Å². The number of nitrogens with two attached hydrogens (primary N) is 1. The van der Waals surface area contributed by atoms with Gasteiger partial charge in [0.25, 0.3) is 5.91 Å². The second-order valence-corrected chi connectivity index (χ2v) is 4.34. The Balaban J connectivity index is 1.97. The van der Waals surface area contributed by atoms with Crippen molar-refractivity contribution < 1.29 is 9.59 Å². The fraction of sp³-hybridized carbons (Fsp3) is 0.0769. The Kier molecular flexibility index (Phi) is 4.27. The fourth-order valence-electron chi connectivity index (χ4n) is 1.49. The van der Waals surface area contributed by atoms with Crippen molar-refractivity contribution in [2.24, 2.45) is 5.73 Å². The predicted octanol–water partition coefficient (Wildman–Crippen LogP) is 1.16. The maximum absolute atomic E-state index is 11.9. The number of halogens is 1. The average Bonchev–Trinajstić information content (AvgIpc) is 2.46. The number of primary amides is 1. The van der Waals surface area contributed by atoms with Crippen LogP contribution in [0.1, 0.15) is 26.4 Å². The first-order chi connectivity index (χ1) is 9.56. The highest BCUT2D eigenvalue weighted by molar-refractivity contribution is 6.29. The van der Waals surface area contributed by atoms with E-state index in [4.69, 9.17) is 17.3 Å². The van der Waals surface area contributed by atoms with E-state index in [-0.39, 0.29) is 12.5 Å². The molecule has 0 saturated heterocycles. The summed E-state index contributed by atoms with van der Waals surface area (Å²) in [4.78, 5) is 30.7. The van der Waals surface area contributed by atoms with Crippen LogP contribution >= 0.6 is 11.6 Å². The van der Waals surface area contributed by atoms with E-state index in [1.54, 1.807) is 0 Å². The van der Waals surface area contributed by atoms with Crippen molar-refractivity contribution >= 4 is 23.4 Å². The zero-order valence-corrected chi connectivity index (χ0v) is 11.1. The summed E-state index contributed by atoms with van der Waals surface area (Å²) in [5, 5.41) is 2.98. The highest BCUT2D eigenvalue weighted by Crippen LogP contribution is 2.05. The Labute approximate surface area is 120 Å². The number of amides is 2. The second-order valence-electron chi connectivity index (χ2n) is 3.95. The van der Waals surface area contributed by atoms with Crippen LogP contribution in [0.2, 0.25) is 5.15 Å². The average molecular weight is 291 g/mol. The van der Waals surface area contributed by atoms with E-state index in [0.717, 1.165) is 0 Å². The van der Waals surface area contributed by atoms with E-state index in [0.29, 0.717) is 22.0 Å². The maximum Gasteiger partial charge on any atom is 0.251 e. The van der Waals surface area contributed by atoms with Gasteiger partial charge >= 0.3 is 0 Å². The number of carbonyl (C=O) groups excluding carboxylic acids is 2. The Morgan fingerprint density at radius 3 is 2.30 bits per heavy atom. The number of aromatic nitrogens is 2. The van der Waals surface area contributed by atoms with Crippen LogP contribution < -0.4 is 11.1 Å². The van der Waals surface area contributed by atoms with Crippen molar-refractivity contribution in [1.29, 1.82) is 0 Å². The number of hydrogen-bond acceptors (Lipinski definition) is 4. The van der Waals surface area contributed by atoms with Gasteiger partial charge in [0.15, 0.2) is 0 Å². The van der Waals surface area contributed by atoms with Crippen molar-refractivity contribution in [3.8, 4) is 0 Å². The lowest BCUT2D eigenvalue weighted by molar-refractivity contribution is 0.0947. The van der Waals surface area contributed by atoms with Crippen LogP contribution in [0, 0.1) is 0 Å². The highest BCUT2D eigenvalue weighted by Gasteiger charge is 2.07. The molecule has 2 amide bonds. The van der Waals surface area contributed by atoms with Gasteiger partial charge in [-0.3, -0.25) is 14.6 Å². The van der Waals surface area contributed by atoms with Crippen molar-refractivity contribution in [3.63, 3.8) is 0 Å². The monoisotopic (exact) mass is 290 g/mol. The zero-order valence-electron chi connectivity index (χ0n) is 10.3. The van der Waals surface area contributed by atoms with Crippen molar-refractivity contribution in [3.05, 3.63) is 58.6 Å². The summed E-state index contributed by atoms with van der Waals surface area (Å²) >= 11 is 5.61. The van der Waals surface area contributed by atoms with Gasteiger partial charge in [-0.25, -0.2) is 4.98 Å². The molecule has 1 aromatic carbocycles. The zero-order chi connectivity index (χ0) is 14.5. The summed E-state index contributed by atoms with van der Waals surface area (Å²) in [6, 6.07) is 6.06. The molecule has 1 heterocycles. The van der Waals surface area contributed by atoms with Crippen LogP contribution in [0.3, 0.4) is 0 Å². The van der Waals surface area contributed by atoms with Gasteiger partial charge < -0.3 is 11.1 Å². The molecule has 2 rings (SSSR count). The van der Waals surface area contributed by atoms with Crippen LogP contribution in [0.25, 0.3) is 0 Å². The molecule has 0 aliphatic rings. The van der Waals surface area contributed by atoms with Crippen molar-refractivity contribution in [2.75, 3.05) is 0 Å². The topological polar surface area (TPSA) is 98.0 Å². The van der Waals surface area contributed by atoms with Crippen LogP contribution in [-0.2, 0) is 6.54 Å². The number of hydrogen-bond donors (Lipinski definition) is 2. The molecule has 2 aromatic rings. The summed E-state index contributed by atoms with van der Waals surface area (Å²) < 4.78 is 0. The van der Waals surface area contributed by atoms with Gasteiger partial charge in [-0.05, 0) is 24.3 Å². The van der Waals surface area contributed by atoms with Crippen molar-refractivity contribution in [2.45, 2.75) is 6.54 Å². The van der Waals surface area contributed by atoms with Gasteiger partial charge in [0.05, 0.1) is 24.6 Å². The first-order valence-corrected chi connectivity index (χ1v) is 6.08. The molecule has 0 spiro atoms. The summed E-state index contributed by atoms with van der Waals surface area (Å²) in [6.07, 6.45) is 2.89. The predicted molar refractivity (Wildman–Crippen MR) is 73.2 cm³/mol. The van der Waals surface area contributed by atoms with E-state index in [1.165, 1.54) is 36.7 Å². The smallest absolute Gasteiger partial charge is 0.251 e. The molecule has 0 aliphatic heterocycles. The minimum absolute atomic E-state index is 0.237. The van der Waals surface area contributed by atoms with E-state index < -0.39 is 5.91 Å². The molecule has 0 atom stereocenters. The summed E-state index contributed by atoms with van der Waals surface area (Å²) in [7, 11) is 0. The van der Waals surface area contributed by atoms with E-state index in [2.05, 4.69) is 15.3 Å². The Bertz CT molecular complexity index is 626. The molecule has 0 bridgehead atoms. The number of rotatable bonds is 4. The lowest BCUT2D eigenvalue weighted by Crippen LogP contribution is -2.23. The van der Waals surface area contributed by atoms with Crippen molar-refractivity contribution in [1.82, 2.24) is 15.3 Å². The Morgan fingerprint density at radius 1 is 1.10 bits per heavy atom. The third kappa shape index (κ3) is 3.52. The minimum Gasteiger partial charge on any atom is -0.366 e. The quantitative estimate of drug-likeness (QED) is 0.883. The highest BCUT2D eigenvalue weighted by atomic mass is 35.5. The van der Waals surface area contributed by atoms with E-state index >= 15 is 0 Å². The van der Waals surface area contributed by atoms with Gasteiger partial charge in [0.1, 0.15) is 5.15 Å². The van der Waals surface area contributed by atoms with E-state index in [9.17, 15) is 9.59 Å². The molecule has 102 valence electrons. The molecule has 7 heteroatoms. The van der Waals surface area contributed by atoms with Crippen LogP contribution in [-0.4, -0.2) is 21.8 Å². The normalized spacial score (nSPS) is 10.1. The first kappa shape index (κ1) is 14.0. The molecule has 1 aromatic heterocycles. The lowest BCUT2D eigenvalue weighted by Gasteiger charge is -2.05. The first-order valence-electron chi connectivity index (χ1n) is 5.71. The summed E-state index contributed by atoms with van der Waals surface area (Å²) in [5.41, 5.74) is 6.49. The van der Waals surface area contributed by atoms with Gasteiger partial charge in [-0.15, -0.1) is 0 Å². The number of benzene rings is 1. The number of carbonyl (C=O) groups is 2. The lowest BCUT2D eigenvalue weighted by atomic mass is 10.1. The molecule has 3 N–H and O–H groups in total. The molecule has 0 fully saturated rings. The molecular weight excluding hydrogens is 280 g/mol. The van der Waals surface area contributed by atoms with Crippen LogP contribution in [0.5, 0.6) is 0 Å². The second kappa shape index (κ2) is 6.12. The Morgan fingerprint density at radius 2 is 1.75 bits per heavy atom. The molecule has 20 heavy (non-hydrogen) atoms. The SMILES string of the molecule is NC(=O)c1ccc(C(=O)NCc2cnc(Cl)cn2)cc1. The third-order valence-corrected chi connectivity index (χ3v) is 2.73. The van der Waals surface area contributed by atoms with Gasteiger partial charge in [0, 0.05) is 11.1 Å². The van der Waals surface area contributed by atoms with Crippen LogP contribution in [0.15, 0.2) is 36.7 Å². The largest absolute Gasteiger partial charge is 0.366 e. The van der Waals surface area contributed by atoms with E-state index in [1.807, 2.05) is 0 Å². The number of nitrogens with one attached hydrogen (secondary N) is 1. The summed E-state index contributed by atoms with van der Waals surface area (Å²) in [6.45, 7) is 0.237. The summed E-state index contributed by atoms with van der Waals surface area (Å²) in [5.74, 6) is -0.814. The van der Waals surface area contributed by atoms with Crippen LogP contribution in [0.4, 0.5) is 0 Å². The molecule has 0 unspecified atom stereocenters. The molecule has 0 aliphatic carbocycles. The Hall–Kier alpha value is -2.47. The minimum atomic E-state index is -0.534. The number of nitrogens with zero attached hydrogens (tertiary/aromatic N) is 2. The van der Waals surface area contributed by atoms with Gasteiger partial charge in [0.2, 0.25) is 5.91 Å². The molecule has 0 radical (unpaired) electrons. The van der Waals surface area contributed by atoms with Gasteiger partial charge in [-0.1, -0.05) is 11.6 Å². The third-order valence-electron chi connectivity index (χ3n) is 2.54. The molecule has 6 nitrogen and oxygen atoms in total.